The normalized spacial score (nSPS) is 11.7. The first-order valence-corrected chi connectivity index (χ1v) is 7.85. The van der Waals surface area contributed by atoms with Crippen LogP contribution in [0.15, 0.2) is 47.8 Å². The Labute approximate surface area is 120 Å². The van der Waals surface area contributed by atoms with Crippen molar-refractivity contribution in [2.75, 3.05) is 6.54 Å². The molecule has 2 rings (SSSR count). The molecule has 1 N–H and O–H groups in total. The summed E-state index contributed by atoms with van der Waals surface area (Å²) in [4.78, 5) is 1.46. The molecule has 0 aliphatic heterocycles. The van der Waals surface area contributed by atoms with Gasteiger partial charge in [0.1, 0.15) is 0 Å². The van der Waals surface area contributed by atoms with E-state index in [4.69, 9.17) is 0 Å². The molecule has 0 spiro atoms. The summed E-state index contributed by atoms with van der Waals surface area (Å²) in [6, 6.07) is 15.1. The third-order valence-corrected chi connectivity index (χ3v) is 4.37. The van der Waals surface area contributed by atoms with Crippen LogP contribution in [0.1, 0.15) is 30.7 Å². The van der Waals surface area contributed by atoms with E-state index < -0.39 is 0 Å². The van der Waals surface area contributed by atoms with Crippen molar-refractivity contribution >= 4 is 11.3 Å². The molecule has 2 aromatic rings. The van der Waals surface area contributed by atoms with Gasteiger partial charge in [0.05, 0.1) is 0 Å². The molecule has 0 bridgehead atoms. The molecule has 1 aromatic carbocycles. The van der Waals surface area contributed by atoms with E-state index in [0.717, 1.165) is 19.4 Å². The molecule has 102 valence electrons. The Kier molecular flexibility index (Phi) is 5.17. The van der Waals surface area contributed by atoms with Crippen LogP contribution in [0, 0.1) is 0 Å². The minimum atomic E-state index is 0.201. The van der Waals surface area contributed by atoms with E-state index in [1.54, 1.807) is 0 Å². The first kappa shape index (κ1) is 14.3. The minimum absolute atomic E-state index is 0.201. The van der Waals surface area contributed by atoms with Crippen LogP contribution in [0.4, 0.5) is 0 Å². The lowest BCUT2D eigenvalue weighted by atomic mass is 9.95. The predicted molar refractivity (Wildman–Crippen MR) is 84.9 cm³/mol. The first-order valence-electron chi connectivity index (χ1n) is 6.97. The van der Waals surface area contributed by atoms with Gasteiger partial charge in [-0.3, -0.25) is 0 Å². The molecule has 0 radical (unpaired) electrons. The molecule has 0 aliphatic carbocycles. The lowest BCUT2D eigenvalue weighted by Gasteiger charge is -2.26. The maximum atomic E-state index is 3.67. The predicted octanol–water partition coefficient (Wildman–Crippen LogP) is 4.29. The summed E-state index contributed by atoms with van der Waals surface area (Å²) in [7, 11) is 0. The number of hydrogen-bond donors (Lipinski definition) is 1. The maximum absolute atomic E-state index is 3.67. The highest BCUT2D eigenvalue weighted by molar-refractivity contribution is 7.09. The summed E-state index contributed by atoms with van der Waals surface area (Å²) in [5.74, 6) is 0. The molecule has 19 heavy (non-hydrogen) atoms. The maximum Gasteiger partial charge on any atom is 0.0128 e. The number of benzene rings is 1. The standard InChI is InChI=1S/C17H23NS/c1-17(2,12-10-15-7-4-3-5-8-15)18-13-11-16-9-6-14-19-16/h3-9,14,18H,10-13H2,1-2H3. The lowest BCUT2D eigenvalue weighted by molar-refractivity contribution is 0.366. The average Bonchev–Trinajstić information content (AvgIpc) is 2.91. The van der Waals surface area contributed by atoms with Gasteiger partial charge in [-0.2, -0.15) is 0 Å². The molecule has 0 amide bonds. The summed E-state index contributed by atoms with van der Waals surface area (Å²) in [5, 5.41) is 5.82. The molecule has 1 heterocycles. The van der Waals surface area contributed by atoms with E-state index in [2.05, 4.69) is 67.0 Å². The SMILES string of the molecule is CC(C)(CCc1ccccc1)NCCc1cccs1. The Balaban J connectivity index is 1.72. The molecule has 2 heteroatoms. The Bertz CT molecular complexity index is 459. The fourth-order valence-electron chi connectivity index (χ4n) is 2.17. The number of hydrogen-bond acceptors (Lipinski definition) is 2. The van der Waals surface area contributed by atoms with Crippen molar-refractivity contribution < 1.29 is 0 Å². The smallest absolute Gasteiger partial charge is 0.0128 e. The molecule has 0 atom stereocenters. The molecule has 0 saturated heterocycles. The van der Waals surface area contributed by atoms with Crippen molar-refractivity contribution in [1.82, 2.24) is 5.32 Å². The Morgan fingerprint density at radius 2 is 1.79 bits per heavy atom. The largest absolute Gasteiger partial charge is 0.311 e. The van der Waals surface area contributed by atoms with E-state index in [-0.39, 0.29) is 5.54 Å². The quantitative estimate of drug-likeness (QED) is 0.793. The van der Waals surface area contributed by atoms with Gasteiger partial charge in [-0.1, -0.05) is 36.4 Å². The average molecular weight is 273 g/mol. The zero-order chi connectivity index (χ0) is 13.6. The van der Waals surface area contributed by atoms with Gasteiger partial charge in [-0.25, -0.2) is 0 Å². The second-order valence-corrected chi connectivity index (χ2v) is 6.66. The summed E-state index contributed by atoms with van der Waals surface area (Å²) < 4.78 is 0. The zero-order valence-electron chi connectivity index (χ0n) is 11.9. The van der Waals surface area contributed by atoms with E-state index in [0.29, 0.717) is 0 Å². The van der Waals surface area contributed by atoms with Crippen LogP contribution in [-0.4, -0.2) is 12.1 Å². The van der Waals surface area contributed by atoms with Gasteiger partial charge >= 0.3 is 0 Å². The monoisotopic (exact) mass is 273 g/mol. The Morgan fingerprint density at radius 3 is 2.47 bits per heavy atom. The molecular formula is C17H23NS. The zero-order valence-corrected chi connectivity index (χ0v) is 12.7. The number of rotatable bonds is 7. The molecule has 0 aliphatic rings. The summed E-state index contributed by atoms with van der Waals surface area (Å²) in [6.07, 6.45) is 3.44. The van der Waals surface area contributed by atoms with Crippen LogP contribution < -0.4 is 5.32 Å². The lowest BCUT2D eigenvalue weighted by Crippen LogP contribution is -2.40. The van der Waals surface area contributed by atoms with Gasteiger partial charge in [-0.15, -0.1) is 11.3 Å². The van der Waals surface area contributed by atoms with Gasteiger partial charge < -0.3 is 5.32 Å². The van der Waals surface area contributed by atoms with Crippen molar-refractivity contribution in [2.24, 2.45) is 0 Å². The van der Waals surface area contributed by atoms with Crippen molar-refractivity contribution in [2.45, 2.75) is 38.6 Å². The molecule has 0 unspecified atom stereocenters. The second kappa shape index (κ2) is 6.88. The van der Waals surface area contributed by atoms with E-state index in [1.165, 1.54) is 16.9 Å². The molecule has 0 saturated carbocycles. The van der Waals surface area contributed by atoms with Crippen molar-refractivity contribution in [3.05, 3.63) is 58.3 Å². The van der Waals surface area contributed by atoms with E-state index in [1.807, 2.05) is 11.3 Å². The Hall–Kier alpha value is -1.12. The van der Waals surface area contributed by atoms with Crippen LogP contribution in [-0.2, 0) is 12.8 Å². The third-order valence-electron chi connectivity index (χ3n) is 3.44. The van der Waals surface area contributed by atoms with Crippen LogP contribution in [0.3, 0.4) is 0 Å². The fraction of sp³-hybridized carbons (Fsp3) is 0.412. The number of nitrogens with one attached hydrogen (secondary N) is 1. The molecule has 1 aromatic heterocycles. The van der Waals surface area contributed by atoms with Gasteiger partial charge in [0.2, 0.25) is 0 Å². The van der Waals surface area contributed by atoms with Crippen molar-refractivity contribution in [3.63, 3.8) is 0 Å². The first-order chi connectivity index (χ1) is 9.16. The highest BCUT2D eigenvalue weighted by Gasteiger charge is 2.16. The summed E-state index contributed by atoms with van der Waals surface area (Å²) in [6.45, 7) is 5.65. The van der Waals surface area contributed by atoms with E-state index >= 15 is 0 Å². The summed E-state index contributed by atoms with van der Waals surface area (Å²) in [5.41, 5.74) is 1.63. The van der Waals surface area contributed by atoms with Gasteiger partial charge in [0, 0.05) is 17.0 Å². The summed E-state index contributed by atoms with van der Waals surface area (Å²) >= 11 is 1.84. The van der Waals surface area contributed by atoms with Crippen LogP contribution in [0.5, 0.6) is 0 Å². The third kappa shape index (κ3) is 5.17. The van der Waals surface area contributed by atoms with Gasteiger partial charge in [0.25, 0.3) is 0 Å². The number of aryl methyl sites for hydroxylation is 1. The van der Waals surface area contributed by atoms with Crippen LogP contribution >= 0.6 is 11.3 Å². The van der Waals surface area contributed by atoms with Crippen LogP contribution in [0.2, 0.25) is 0 Å². The van der Waals surface area contributed by atoms with Crippen molar-refractivity contribution in [1.29, 1.82) is 0 Å². The topological polar surface area (TPSA) is 12.0 Å². The fourth-order valence-corrected chi connectivity index (χ4v) is 2.88. The van der Waals surface area contributed by atoms with Crippen LogP contribution in [0.25, 0.3) is 0 Å². The van der Waals surface area contributed by atoms with Gasteiger partial charge in [0.15, 0.2) is 0 Å². The minimum Gasteiger partial charge on any atom is -0.311 e. The molecule has 0 fully saturated rings. The molecule has 1 nitrogen and oxygen atoms in total. The highest BCUT2D eigenvalue weighted by Crippen LogP contribution is 2.14. The second-order valence-electron chi connectivity index (χ2n) is 5.63. The number of thiophene rings is 1. The van der Waals surface area contributed by atoms with E-state index in [9.17, 15) is 0 Å². The van der Waals surface area contributed by atoms with Gasteiger partial charge in [-0.05, 0) is 50.1 Å². The Morgan fingerprint density at radius 1 is 1.00 bits per heavy atom. The molecular weight excluding hydrogens is 250 g/mol. The highest BCUT2D eigenvalue weighted by atomic mass is 32.1. The van der Waals surface area contributed by atoms with Crippen molar-refractivity contribution in [3.8, 4) is 0 Å².